The Bertz CT molecular complexity index is 1350. The van der Waals surface area contributed by atoms with Gasteiger partial charge in [0, 0.05) is 26.9 Å². The summed E-state index contributed by atoms with van der Waals surface area (Å²) in [4.78, 5) is 8.58. The Morgan fingerprint density at radius 2 is 1.59 bits per heavy atom. The minimum atomic E-state index is 0.277. The van der Waals surface area contributed by atoms with Crippen LogP contribution in [0.3, 0.4) is 0 Å². The summed E-state index contributed by atoms with van der Waals surface area (Å²) < 4.78 is 11.3. The third-order valence-electron chi connectivity index (χ3n) is 4.88. The summed E-state index contributed by atoms with van der Waals surface area (Å²) in [5, 5.41) is 9.37. The lowest BCUT2D eigenvalue weighted by Crippen LogP contribution is -1.98. The first kappa shape index (κ1) is 20.3. The van der Waals surface area contributed by atoms with Gasteiger partial charge in [-0.05, 0) is 36.4 Å². The van der Waals surface area contributed by atoms with Crippen LogP contribution in [0.2, 0.25) is 10.0 Å². The van der Waals surface area contributed by atoms with Gasteiger partial charge in [-0.15, -0.1) is 0 Å². The molecule has 0 fully saturated rings. The molecule has 3 aromatic carbocycles. The predicted octanol–water partition coefficient (Wildman–Crippen LogP) is 6.91. The number of nitrogens with one attached hydrogen (secondary N) is 1. The standard InChI is InChI=1S/C24H16Cl2N4O2/c25-19-7-4-8-20(26)18(19)13-31-17-11-9-16(10-12-17)29-23-21-22(15-5-2-1-3-6-15)30-32-24(21)28-14-27-23/h1-12,14H,13H2,(H,27,28,29). The van der Waals surface area contributed by atoms with E-state index in [4.69, 9.17) is 32.5 Å². The highest BCUT2D eigenvalue weighted by molar-refractivity contribution is 6.35. The van der Waals surface area contributed by atoms with E-state index in [1.54, 1.807) is 18.2 Å². The molecule has 0 saturated heterocycles. The quantitative estimate of drug-likeness (QED) is 0.295. The van der Waals surface area contributed by atoms with Crippen molar-refractivity contribution in [3.8, 4) is 17.0 Å². The first-order chi connectivity index (χ1) is 15.7. The molecule has 5 rings (SSSR count). The Hall–Kier alpha value is -3.61. The minimum absolute atomic E-state index is 0.277. The van der Waals surface area contributed by atoms with Crippen LogP contribution in [0.15, 0.2) is 83.6 Å². The predicted molar refractivity (Wildman–Crippen MR) is 126 cm³/mol. The van der Waals surface area contributed by atoms with Gasteiger partial charge in [-0.25, -0.2) is 4.98 Å². The third-order valence-corrected chi connectivity index (χ3v) is 5.59. The highest BCUT2D eigenvalue weighted by Gasteiger charge is 2.16. The van der Waals surface area contributed by atoms with Crippen LogP contribution in [-0.2, 0) is 6.61 Å². The molecule has 5 aromatic rings. The van der Waals surface area contributed by atoms with Crippen LogP contribution in [-0.4, -0.2) is 15.1 Å². The molecule has 0 bridgehead atoms. The maximum absolute atomic E-state index is 6.21. The molecule has 0 amide bonds. The van der Waals surface area contributed by atoms with Crippen molar-refractivity contribution in [1.29, 1.82) is 0 Å². The zero-order valence-corrected chi connectivity index (χ0v) is 18.1. The molecule has 0 saturated carbocycles. The SMILES string of the molecule is Clc1cccc(Cl)c1COc1ccc(Nc2ncnc3onc(-c4ccccc4)c23)cc1. The molecule has 0 aliphatic heterocycles. The number of benzene rings is 3. The monoisotopic (exact) mass is 462 g/mol. The first-order valence-corrected chi connectivity index (χ1v) is 10.5. The molecular formula is C24H16Cl2N4O2. The molecule has 8 heteroatoms. The Kier molecular flexibility index (Phi) is 5.62. The van der Waals surface area contributed by atoms with Crippen molar-refractivity contribution in [3.63, 3.8) is 0 Å². The number of rotatable bonds is 6. The highest BCUT2D eigenvalue weighted by atomic mass is 35.5. The number of hydrogen-bond donors (Lipinski definition) is 1. The average molecular weight is 463 g/mol. The largest absolute Gasteiger partial charge is 0.489 e. The van der Waals surface area contributed by atoms with Crippen LogP contribution in [0, 0.1) is 0 Å². The van der Waals surface area contributed by atoms with Crippen molar-refractivity contribution in [3.05, 3.63) is 94.7 Å². The van der Waals surface area contributed by atoms with E-state index in [-0.39, 0.29) is 6.61 Å². The second-order valence-electron chi connectivity index (χ2n) is 6.94. The first-order valence-electron chi connectivity index (χ1n) is 9.77. The van der Waals surface area contributed by atoms with Crippen molar-refractivity contribution < 1.29 is 9.26 Å². The van der Waals surface area contributed by atoms with Crippen molar-refractivity contribution >= 4 is 45.8 Å². The summed E-state index contributed by atoms with van der Waals surface area (Å²) in [6.45, 7) is 0.277. The lowest BCUT2D eigenvalue weighted by molar-refractivity contribution is 0.306. The Labute approximate surface area is 193 Å². The van der Waals surface area contributed by atoms with Gasteiger partial charge < -0.3 is 14.6 Å². The van der Waals surface area contributed by atoms with Gasteiger partial charge in [-0.2, -0.15) is 4.98 Å². The Morgan fingerprint density at radius 1 is 0.844 bits per heavy atom. The molecule has 0 aliphatic carbocycles. The lowest BCUT2D eigenvalue weighted by Gasteiger charge is -2.11. The van der Waals surface area contributed by atoms with Crippen LogP contribution < -0.4 is 10.1 Å². The number of fused-ring (bicyclic) bond motifs is 1. The number of halogens is 2. The maximum Gasteiger partial charge on any atom is 0.263 e. The van der Waals surface area contributed by atoms with Gasteiger partial charge in [0.15, 0.2) is 0 Å². The van der Waals surface area contributed by atoms with Crippen LogP contribution in [0.5, 0.6) is 5.75 Å². The third kappa shape index (κ3) is 4.10. The van der Waals surface area contributed by atoms with Gasteiger partial charge in [0.1, 0.15) is 35.6 Å². The minimum Gasteiger partial charge on any atom is -0.489 e. The van der Waals surface area contributed by atoms with Crippen LogP contribution in [0.1, 0.15) is 5.56 Å². The van der Waals surface area contributed by atoms with Gasteiger partial charge in [0.25, 0.3) is 5.71 Å². The second-order valence-corrected chi connectivity index (χ2v) is 7.75. The molecule has 2 aromatic heterocycles. The number of nitrogens with zero attached hydrogens (tertiary/aromatic N) is 3. The molecule has 0 radical (unpaired) electrons. The fourth-order valence-electron chi connectivity index (χ4n) is 3.27. The van der Waals surface area contributed by atoms with Crippen LogP contribution >= 0.6 is 23.2 Å². The van der Waals surface area contributed by atoms with E-state index < -0.39 is 0 Å². The smallest absolute Gasteiger partial charge is 0.263 e. The molecule has 32 heavy (non-hydrogen) atoms. The maximum atomic E-state index is 6.21. The van der Waals surface area contributed by atoms with E-state index in [9.17, 15) is 0 Å². The molecule has 6 nitrogen and oxygen atoms in total. The Morgan fingerprint density at radius 3 is 2.34 bits per heavy atom. The number of ether oxygens (including phenoxy) is 1. The summed E-state index contributed by atoms with van der Waals surface area (Å²) >= 11 is 12.4. The summed E-state index contributed by atoms with van der Waals surface area (Å²) in [6.07, 6.45) is 1.44. The number of hydrogen-bond acceptors (Lipinski definition) is 6. The molecule has 0 atom stereocenters. The molecule has 2 heterocycles. The van der Waals surface area contributed by atoms with E-state index in [0.29, 0.717) is 38.4 Å². The summed E-state index contributed by atoms with van der Waals surface area (Å²) in [5.41, 5.74) is 3.60. The van der Waals surface area contributed by atoms with Crippen LogP contribution in [0.4, 0.5) is 11.5 Å². The van der Waals surface area contributed by atoms with Gasteiger partial charge in [0.05, 0.1) is 0 Å². The van der Waals surface area contributed by atoms with Gasteiger partial charge in [-0.1, -0.05) is 64.8 Å². The molecule has 0 aliphatic rings. The number of aromatic nitrogens is 3. The van der Waals surface area contributed by atoms with Gasteiger partial charge >= 0.3 is 0 Å². The zero-order chi connectivity index (χ0) is 21.9. The van der Waals surface area contributed by atoms with Crippen molar-refractivity contribution in [2.75, 3.05) is 5.32 Å². The van der Waals surface area contributed by atoms with E-state index in [0.717, 1.165) is 16.8 Å². The molecule has 0 spiro atoms. The van der Waals surface area contributed by atoms with Gasteiger partial charge in [-0.3, -0.25) is 0 Å². The normalized spacial score (nSPS) is 10.9. The zero-order valence-electron chi connectivity index (χ0n) is 16.6. The van der Waals surface area contributed by atoms with E-state index in [1.807, 2.05) is 54.6 Å². The average Bonchev–Trinajstić information content (AvgIpc) is 3.26. The highest BCUT2D eigenvalue weighted by Crippen LogP contribution is 2.33. The lowest BCUT2D eigenvalue weighted by atomic mass is 10.1. The topological polar surface area (TPSA) is 73.1 Å². The molecule has 1 N–H and O–H groups in total. The van der Waals surface area contributed by atoms with Crippen molar-refractivity contribution in [2.45, 2.75) is 6.61 Å². The molecule has 158 valence electrons. The summed E-state index contributed by atoms with van der Waals surface area (Å²) in [7, 11) is 0. The Balaban J connectivity index is 1.36. The molecule has 0 unspecified atom stereocenters. The van der Waals surface area contributed by atoms with Crippen LogP contribution in [0.25, 0.3) is 22.4 Å². The summed E-state index contributed by atoms with van der Waals surface area (Å²) in [5.74, 6) is 1.29. The van der Waals surface area contributed by atoms with E-state index >= 15 is 0 Å². The fraction of sp³-hybridized carbons (Fsp3) is 0.0417. The number of anilines is 2. The van der Waals surface area contributed by atoms with E-state index in [2.05, 4.69) is 20.4 Å². The van der Waals surface area contributed by atoms with Crippen molar-refractivity contribution in [2.24, 2.45) is 0 Å². The second kappa shape index (κ2) is 8.86. The fourth-order valence-corrected chi connectivity index (χ4v) is 3.78. The molecular weight excluding hydrogens is 447 g/mol. The van der Waals surface area contributed by atoms with Gasteiger partial charge in [0.2, 0.25) is 0 Å². The van der Waals surface area contributed by atoms with E-state index in [1.165, 1.54) is 6.33 Å². The summed E-state index contributed by atoms with van der Waals surface area (Å²) in [6, 6.07) is 22.7. The van der Waals surface area contributed by atoms with Crippen molar-refractivity contribution in [1.82, 2.24) is 15.1 Å².